The first-order valence-electron chi connectivity index (χ1n) is 11.6. The number of hydrogen-bond donors (Lipinski definition) is 1. The lowest BCUT2D eigenvalue weighted by Crippen LogP contribution is -2.43. The molecule has 1 atom stereocenters. The van der Waals surface area contributed by atoms with Gasteiger partial charge < -0.3 is 10.2 Å². The van der Waals surface area contributed by atoms with Crippen molar-refractivity contribution < 1.29 is 9.18 Å². The van der Waals surface area contributed by atoms with Gasteiger partial charge >= 0.3 is 0 Å². The zero-order valence-electron chi connectivity index (χ0n) is 19.5. The predicted octanol–water partition coefficient (Wildman–Crippen LogP) is 4.50. The molecule has 1 fully saturated rings. The van der Waals surface area contributed by atoms with Crippen molar-refractivity contribution in [2.24, 2.45) is 16.8 Å². The smallest absolute Gasteiger partial charge is 0.167 e. The number of carbonyl (C=O) groups excluding carboxylic acids is 1. The molecule has 1 heterocycles. The summed E-state index contributed by atoms with van der Waals surface area (Å²) in [5, 5.41) is 21.4. The van der Waals surface area contributed by atoms with Gasteiger partial charge in [-0.3, -0.25) is 9.79 Å². The molecular weight excluding hydrogens is 429 g/mol. The molecule has 1 saturated heterocycles. The number of rotatable bonds is 10. The van der Waals surface area contributed by atoms with Gasteiger partial charge in [0.15, 0.2) is 11.7 Å². The van der Waals surface area contributed by atoms with E-state index in [9.17, 15) is 9.18 Å². The summed E-state index contributed by atoms with van der Waals surface area (Å²) in [6.45, 7) is 4.63. The maximum atomic E-state index is 13.2. The predicted molar refractivity (Wildman–Crippen MR) is 131 cm³/mol. The number of Topliss-reactive ketones (excluding diaryl/α,β-unsaturated/α-hetero) is 1. The van der Waals surface area contributed by atoms with E-state index < -0.39 is 5.92 Å². The Labute approximate surface area is 200 Å². The first-order chi connectivity index (χ1) is 16.5. The van der Waals surface area contributed by atoms with E-state index in [1.807, 2.05) is 42.5 Å². The number of nitrogens with one attached hydrogen (secondary N) is 1. The fourth-order valence-electron chi connectivity index (χ4n) is 4.24. The molecule has 0 spiro atoms. The average molecular weight is 460 g/mol. The lowest BCUT2D eigenvalue weighted by molar-refractivity contribution is 0.101. The fourth-order valence-corrected chi connectivity index (χ4v) is 4.24. The van der Waals surface area contributed by atoms with Gasteiger partial charge in [0, 0.05) is 24.0 Å². The van der Waals surface area contributed by atoms with Gasteiger partial charge in [-0.25, -0.2) is 4.39 Å². The van der Waals surface area contributed by atoms with E-state index in [-0.39, 0.29) is 17.6 Å². The summed E-state index contributed by atoms with van der Waals surface area (Å²) in [4.78, 5) is 18.5. The lowest BCUT2D eigenvalue weighted by Gasteiger charge is -2.34. The van der Waals surface area contributed by atoms with E-state index >= 15 is 0 Å². The summed E-state index contributed by atoms with van der Waals surface area (Å²) in [5.74, 6) is -0.480. The number of aliphatic imine (C=N–C) groups is 1. The summed E-state index contributed by atoms with van der Waals surface area (Å²) in [5.41, 5.74) is 2.66. The number of likely N-dealkylation sites (tertiary alicyclic amines) is 1. The van der Waals surface area contributed by atoms with Gasteiger partial charge in [0.1, 0.15) is 5.82 Å². The Morgan fingerprint density at radius 2 is 1.91 bits per heavy atom. The van der Waals surface area contributed by atoms with Gasteiger partial charge in [-0.1, -0.05) is 24.3 Å². The van der Waals surface area contributed by atoms with Gasteiger partial charge in [-0.05, 0) is 75.0 Å². The number of halogens is 1. The zero-order valence-corrected chi connectivity index (χ0v) is 19.5. The van der Waals surface area contributed by atoms with E-state index in [1.165, 1.54) is 23.9 Å². The third kappa shape index (κ3) is 7.79. The van der Waals surface area contributed by atoms with E-state index in [4.69, 9.17) is 10.5 Å². The molecule has 0 radical (unpaired) electrons. The Morgan fingerprint density at radius 3 is 2.56 bits per heavy atom. The van der Waals surface area contributed by atoms with Crippen molar-refractivity contribution in [1.82, 2.24) is 4.90 Å². The summed E-state index contributed by atoms with van der Waals surface area (Å²) in [6.07, 6.45) is 4.49. The Bertz CT molecular complexity index is 1050. The van der Waals surface area contributed by atoms with Crippen molar-refractivity contribution in [3.05, 3.63) is 65.5 Å². The van der Waals surface area contributed by atoms with Gasteiger partial charge in [0.2, 0.25) is 0 Å². The lowest BCUT2D eigenvalue weighted by atomic mass is 9.90. The second kappa shape index (κ2) is 12.6. The van der Waals surface area contributed by atoms with E-state index in [1.54, 1.807) is 13.0 Å². The van der Waals surface area contributed by atoms with Crippen LogP contribution in [0.3, 0.4) is 0 Å². The number of nitriles is 2. The first-order valence-corrected chi connectivity index (χ1v) is 11.6. The van der Waals surface area contributed by atoms with Crippen LogP contribution in [0.15, 0.2) is 53.5 Å². The minimum atomic E-state index is -0.858. The topological polar surface area (TPSA) is 92.3 Å². The highest BCUT2D eigenvalue weighted by Crippen LogP contribution is 2.22. The van der Waals surface area contributed by atoms with Crippen LogP contribution in [0.4, 0.5) is 10.1 Å². The summed E-state index contributed by atoms with van der Waals surface area (Å²) < 4.78 is 13.2. The number of hydrogen-bond acceptors (Lipinski definition) is 6. The molecule has 7 heteroatoms. The fraction of sp³-hybridized carbons (Fsp3) is 0.407. The molecular formula is C27H30FN5O. The highest BCUT2D eigenvalue weighted by Gasteiger charge is 2.22. The molecule has 0 aromatic heterocycles. The number of ketones is 1. The van der Waals surface area contributed by atoms with E-state index in [0.29, 0.717) is 18.0 Å². The molecule has 1 aliphatic heterocycles. The molecule has 0 amide bonds. The number of anilines is 1. The van der Waals surface area contributed by atoms with Gasteiger partial charge in [0.05, 0.1) is 24.7 Å². The van der Waals surface area contributed by atoms with Crippen molar-refractivity contribution in [3.8, 4) is 12.1 Å². The van der Waals surface area contributed by atoms with Crippen LogP contribution >= 0.6 is 0 Å². The Kier molecular flexibility index (Phi) is 9.31. The van der Waals surface area contributed by atoms with Crippen LogP contribution in [0, 0.1) is 40.3 Å². The van der Waals surface area contributed by atoms with Crippen molar-refractivity contribution >= 4 is 17.7 Å². The van der Waals surface area contributed by atoms with Crippen LogP contribution in [-0.4, -0.2) is 49.1 Å². The molecule has 0 aliphatic carbocycles. The van der Waals surface area contributed by atoms with Crippen molar-refractivity contribution in [1.29, 1.82) is 10.5 Å². The second-order valence-electron chi connectivity index (χ2n) is 8.80. The third-order valence-corrected chi connectivity index (χ3v) is 6.12. The van der Waals surface area contributed by atoms with Crippen LogP contribution in [-0.2, 0) is 6.42 Å². The average Bonchev–Trinajstić information content (AvgIpc) is 2.84. The first kappa shape index (κ1) is 25.1. The van der Waals surface area contributed by atoms with Crippen LogP contribution in [0.2, 0.25) is 0 Å². The van der Waals surface area contributed by atoms with Gasteiger partial charge in [-0.2, -0.15) is 10.5 Å². The normalized spacial score (nSPS) is 15.7. The Balaban J connectivity index is 1.60. The molecule has 1 N–H and O–H groups in total. The van der Waals surface area contributed by atoms with Crippen LogP contribution in [0.25, 0.3) is 0 Å². The van der Waals surface area contributed by atoms with Crippen LogP contribution in [0.5, 0.6) is 0 Å². The minimum Gasteiger partial charge on any atom is -0.379 e. The number of benzene rings is 2. The summed E-state index contributed by atoms with van der Waals surface area (Å²) >= 11 is 0. The number of carbonyl (C=O) groups is 1. The molecule has 3 rings (SSSR count). The molecule has 0 bridgehead atoms. The Morgan fingerprint density at radius 1 is 1.21 bits per heavy atom. The van der Waals surface area contributed by atoms with Crippen molar-refractivity contribution in [2.45, 2.75) is 32.2 Å². The number of piperidine rings is 1. The number of nitrogens with zero attached hydrogens (tertiary/aromatic N) is 4. The van der Waals surface area contributed by atoms with Crippen molar-refractivity contribution in [3.63, 3.8) is 0 Å². The third-order valence-electron chi connectivity index (χ3n) is 6.12. The maximum absolute atomic E-state index is 13.2. The maximum Gasteiger partial charge on any atom is 0.167 e. The zero-order chi connectivity index (χ0) is 24.3. The highest BCUT2D eigenvalue weighted by atomic mass is 19.1. The molecule has 1 unspecified atom stereocenters. The van der Waals surface area contributed by atoms with E-state index in [2.05, 4.69) is 15.2 Å². The van der Waals surface area contributed by atoms with Gasteiger partial charge in [-0.15, -0.1) is 0 Å². The molecule has 34 heavy (non-hydrogen) atoms. The molecule has 2 aromatic carbocycles. The molecule has 6 nitrogen and oxygen atoms in total. The summed E-state index contributed by atoms with van der Waals surface area (Å²) in [7, 11) is 0. The molecule has 176 valence electrons. The minimum absolute atomic E-state index is 0.00679. The monoisotopic (exact) mass is 459 g/mol. The molecule has 0 saturated carbocycles. The second-order valence-corrected chi connectivity index (χ2v) is 8.80. The van der Waals surface area contributed by atoms with Gasteiger partial charge in [0.25, 0.3) is 0 Å². The molecule has 2 aromatic rings. The highest BCUT2D eigenvalue weighted by molar-refractivity contribution is 5.94. The van der Waals surface area contributed by atoms with Crippen LogP contribution in [0.1, 0.15) is 35.7 Å². The standard InChI is InChI=1S/C27H30FN5O/c1-20(34)24-3-2-4-26(14-24)32-27(18-31-17-23(15-29)16-30)19-33-11-9-22(10-12-33)13-21-5-7-25(28)8-6-21/h2-8,14,17,22-23,27,32H,9-13,18-19H2,1H3. The largest absolute Gasteiger partial charge is 0.379 e. The quantitative estimate of drug-likeness (QED) is 0.417. The Hall–Kier alpha value is -3.55. The summed E-state index contributed by atoms with van der Waals surface area (Å²) in [6, 6.07) is 17.9. The van der Waals surface area contributed by atoms with Crippen LogP contribution < -0.4 is 5.32 Å². The molecule has 1 aliphatic rings. The van der Waals surface area contributed by atoms with Crippen molar-refractivity contribution in [2.75, 3.05) is 31.5 Å². The van der Waals surface area contributed by atoms with E-state index in [0.717, 1.165) is 44.6 Å². The SMILES string of the molecule is CC(=O)c1cccc(NC(CN=CC(C#N)C#N)CN2CCC(Cc3ccc(F)cc3)CC2)c1.